The van der Waals surface area contributed by atoms with Crippen molar-refractivity contribution in [2.75, 3.05) is 7.11 Å². The topological polar surface area (TPSA) is 42.4 Å². The van der Waals surface area contributed by atoms with Crippen molar-refractivity contribution >= 4 is 10.8 Å². The van der Waals surface area contributed by atoms with Gasteiger partial charge in [0, 0.05) is 37.7 Å². The maximum absolute atomic E-state index is 10.6. The van der Waals surface area contributed by atoms with Gasteiger partial charge in [-0.25, -0.2) is 0 Å². The van der Waals surface area contributed by atoms with Crippen LogP contribution in [0.15, 0.2) is 36.7 Å². The van der Waals surface area contributed by atoms with Crippen molar-refractivity contribution in [1.82, 2.24) is 4.98 Å². The van der Waals surface area contributed by atoms with E-state index in [1.165, 1.54) is 0 Å². The molecular formula is C14H15NO2. The number of hydrogen-bond acceptors (Lipinski definition) is 3. The summed E-state index contributed by atoms with van der Waals surface area (Å²) in [5.41, 5.74) is 0.257. The van der Waals surface area contributed by atoms with Crippen LogP contribution in [-0.4, -0.2) is 23.3 Å². The van der Waals surface area contributed by atoms with E-state index in [4.69, 9.17) is 4.74 Å². The third kappa shape index (κ3) is 1.63. The van der Waals surface area contributed by atoms with E-state index in [0.717, 1.165) is 16.3 Å². The molecule has 0 unspecified atom stereocenters. The van der Waals surface area contributed by atoms with Crippen molar-refractivity contribution < 1.29 is 9.84 Å². The van der Waals surface area contributed by atoms with Crippen LogP contribution in [0.3, 0.4) is 0 Å². The minimum Gasteiger partial charge on any atom is -0.385 e. The molecule has 1 heterocycles. The Hall–Kier alpha value is -1.45. The zero-order valence-electron chi connectivity index (χ0n) is 9.76. The van der Waals surface area contributed by atoms with Crippen molar-refractivity contribution in [2.45, 2.75) is 24.5 Å². The Kier molecular flexibility index (Phi) is 2.38. The molecule has 1 N–H and O–H groups in total. The Morgan fingerprint density at radius 3 is 2.94 bits per heavy atom. The summed E-state index contributed by atoms with van der Waals surface area (Å²) in [6.07, 6.45) is 5.11. The first-order chi connectivity index (χ1) is 8.23. The van der Waals surface area contributed by atoms with Gasteiger partial charge in [0.25, 0.3) is 0 Å². The number of hydrogen-bond donors (Lipinski definition) is 1. The van der Waals surface area contributed by atoms with Crippen LogP contribution in [0.5, 0.6) is 0 Å². The number of rotatable bonds is 2. The molecule has 0 atom stereocenters. The van der Waals surface area contributed by atoms with E-state index in [-0.39, 0.29) is 6.10 Å². The van der Waals surface area contributed by atoms with E-state index in [1.807, 2.05) is 30.5 Å². The smallest absolute Gasteiger partial charge is 0.0951 e. The molecule has 3 rings (SSSR count). The van der Waals surface area contributed by atoms with Crippen LogP contribution in [0.4, 0.5) is 0 Å². The lowest BCUT2D eigenvalue weighted by molar-refractivity contribution is -0.132. The standard InChI is InChI=1S/C14H15NO2/c1-17-11-7-14(16,8-11)13-4-2-3-10-9-15-6-5-12(10)13/h2-6,9,11,16H,7-8H2,1H3. The predicted molar refractivity (Wildman–Crippen MR) is 65.7 cm³/mol. The highest BCUT2D eigenvalue weighted by Gasteiger charge is 2.44. The molecule has 0 spiro atoms. The fraction of sp³-hybridized carbons (Fsp3) is 0.357. The maximum atomic E-state index is 10.6. The van der Waals surface area contributed by atoms with Crippen LogP contribution < -0.4 is 0 Å². The lowest BCUT2D eigenvalue weighted by Crippen LogP contribution is -2.45. The molecule has 3 nitrogen and oxygen atoms in total. The van der Waals surface area contributed by atoms with Gasteiger partial charge in [0.2, 0.25) is 0 Å². The van der Waals surface area contributed by atoms with Crippen molar-refractivity contribution in [3.05, 3.63) is 42.2 Å². The number of nitrogens with zero attached hydrogens (tertiary/aromatic N) is 1. The lowest BCUT2D eigenvalue weighted by Gasteiger charge is -2.43. The minimum absolute atomic E-state index is 0.178. The van der Waals surface area contributed by atoms with Crippen LogP contribution in [0, 0.1) is 0 Å². The number of benzene rings is 1. The van der Waals surface area contributed by atoms with Gasteiger partial charge >= 0.3 is 0 Å². The molecule has 1 aromatic heterocycles. The molecule has 0 amide bonds. The third-order valence-electron chi connectivity index (χ3n) is 3.65. The summed E-state index contributed by atoms with van der Waals surface area (Å²) in [6.45, 7) is 0. The number of fused-ring (bicyclic) bond motifs is 1. The summed E-state index contributed by atoms with van der Waals surface area (Å²) in [5, 5.41) is 12.7. The van der Waals surface area contributed by atoms with E-state index in [2.05, 4.69) is 4.98 Å². The first kappa shape index (κ1) is 10.7. The van der Waals surface area contributed by atoms with Crippen molar-refractivity contribution in [3.8, 4) is 0 Å². The number of pyridine rings is 1. The molecule has 0 bridgehead atoms. The van der Waals surface area contributed by atoms with E-state index < -0.39 is 5.60 Å². The largest absolute Gasteiger partial charge is 0.385 e. The Morgan fingerprint density at radius 2 is 2.18 bits per heavy atom. The van der Waals surface area contributed by atoms with Gasteiger partial charge in [-0.15, -0.1) is 0 Å². The van der Waals surface area contributed by atoms with E-state index in [0.29, 0.717) is 12.8 Å². The minimum atomic E-state index is -0.735. The van der Waals surface area contributed by atoms with Gasteiger partial charge in [0.15, 0.2) is 0 Å². The average molecular weight is 229 g/mol. The molecule has 17 heavy (non-hydrogen) atoms. The van der Waals surface area contributed by atoms with Crippen LogP contribution in [-0.2, 0) is 10.3 Å². The Bertz CT molecular complexity index is 541. The first-order valence-corrected chi connectivity index (χ1v) is 5.81. The van der Waals surface area contributed by atoms with Gasteiger partial charge < -0.3 is 9.84 Å². The van der Waals surface area contributed by atoms with E-state index >= 15 is 0 Å². The number of ether oxygens (including phenoxy) is 1. The second-order valence-electron chi connectivity index (χ2n) is 4.70. The van der Waals surface area contributed by atoms with Crippen LogP contribution in [0.25, 0.3) is 10.8 Å². The molecule has 2 aromatic rings. The Balaban J connectivity index is 2.07. The molecule has 1 fully saturated rings. The van der Waals surface area contributed by atoms with Crippen LogP contribution in [0.1, 0.15) is 18.4 Å². The molecule has 88 valence electrons. The molecule has 1 aromatic carbocycles. The molecule has 1 aliphatic carbocycles. The van der Waals surface area contributed by atoms with Crippen molar-refractivity contribution in [1.29, 1.82) is 0 Å². The van der Waals surface area contributed by atoms with Crippen LogP contribution in [0.2, 0.25) is 0 Å². The van der Waals surface area contributed by atoms with Gasteiger partial charge in [0.05, 0.1) is 11.7 Å². The summed E-state index contributed by atoms with van der Waals surface area (Å²) >= 11 is 0. The molecule has 0 aliphatic heterocycles. The highest BCUT2D eigenvalue weighted by atomic mass is 16.5. The van der Waals surface area contributed by atoms with Crippen LogP contribution >= 0.6 is 0 Å². The Morgan fingerprint density at radius 1 is 1.35 bits per heavy atom. The monoisotopic (exact) mass is 229 g/mol. The van der Waals surface area contributed by atoms with E-state index in [1.54, 1.807) is 13.3 Å². The molecule has 0 radical (unpaired) electrons. The highest BCUT2D eigenvalue weighted by Crippen LogP contribution is 2.44. The van der Waals surface area contributed by atoms with Gasteiger partial charge in [-0.1, -0.05) is 18.2 Å². The third-order valence-corrected chi connectivity index (χ3v) is 3.65. The number of aromatic nitrogens is 1. The van der Waals surface area contributed by atoms with E-state index in [9.17, 15) is 5.11 Å². The summed E-state index contributed by atoms with van der Waals surface area (Å²) < 4.78 is 5.24. The molecular weight excluding hydrogens is 214 g/mol. The molecule has 1 aliphatic rings. The molecule has 1 saturated carbocycles. The second-order valence-corrected chi connectivity index (χ2v) is 4.70. The van der Waals surface area contributed by atoms with Gasteiger partial charge in [-0.2, -0.15) is 0 Å². The predicted octanol–water partition coefficient (Wildman–Crippen LogP) is 2.23. The zero-order chi connectivity index (χ0) is 11.9. The van der Waals surface area contributed by atoms with Crippen molar-refractivity contribution in [2.24, 2.45) is 0 Å². The fourth-order valence-electron chi connectivity index (χ4n) is 2.61. The summed E-state index contributed by atoms with van der Waals surface area (Å²) in [4.78, 5) is 4.10. The summed E-state index contributed by atoms with van der Waals surface area (Å²) in [6, 6.07) is 7.94. The first-order valence-electron chi connectivity index (χ1n) is 5.81. The normalized spacial score (nSPS) is 28.0. The quantitative estimate of drug-likeness (QED) is 0.858. The molecule has 3 heteroatoms. The number of aliphatic hydroxyl groups is 1. The van der Waals surface area contributed by atoms with Gasteiger partial charge in [-0.05, 0) is 17.0 Å². The average Bonchev–Trinajstić information content (AvgIpc) is 2.34. The maximum Gasteiger partial charge on any atom is 0.0951 e. The Labute approximate surface area is 100 Å². The SMILES string of the molecule is COC1CC(O)(c2cccc3cnccc23)C1. The van der Waals surface area contributed by atoms with Gasteiger partial charge in [-0.3, -0.25) is 4.98 Å². The van der Waals surface area contributed by atoms with Crippen molar-refractivity contribution in [3.63, 3.8) is 0 Å². The molecule has 0 saturated heterocycles. The number of methoxy groups -OCH3 is 1. The summed E-state index contributed by atoms with van der Waals surface area (Å²) in [5.74, 6) is 0. The van der Waals surface area contributed by atoms with Gasteiger partial charge in [0.1, 0.15) is 0 Å². The lowest BCUT2D eigenvalue weighted by atomic mass is 9.71. The second kappa shape index (κ2) is 3.79. The summed E-state index contributed by atoms with van der Waals surface area (Å²) in [7, 11) is 1.69. The highest BCUT2D eigenvalue weighted by molar-refractivity contribution is 5.85. The fourth-order valence-corrected chi connectivity index (χ4v) is 2.61. The zero-order valence-corrected chi connectivity index (χ0v) is 9.76.